The summed E-state index contributed by atoms with van der Waals surface area (Å²) in [7, 11) is 0. The van der Waals surface area contributed by atoms with Gasteiger partial charge in [-0.25, -0.2) is 9.59 Å². The summed E-state index contributed by atoms with van der Waals surface area (Å²) in [6, 6.07) is 7.90. The third-order valence-electron chi connectivity index (χ3n) is 3.67. The monoisotopic (exact) mass is 353 g/mol. The van der Waals surface area contributed by atoms with Crippen molar-refractivity contribution in [2.75, 3.05) is 32.8 Å². The topological polar surface area (TPSA) is 96.3 Å². The fourth-order valence-electron chi connectivity index (χ4n) is 2.47. The van der Waals surface area contributed by atoms with E-state index in [0.29, 0.717) is 6.61 Å². The van der Waals surface area contributed by atoms with Crippen LogP contribution in [-0.4, -0.2) is 59.9 Å². The molecule has 7 nitrogen and oxygen atoms in total. The van der Waals surface area contributed by atoms with Crippen LogP contribution in [0.1, 0.15) is 32.6 Å². The van der Waals surface area contributed by atoms with Crippen LogP contribution in [0.5, 0.6) is 11.5 Å². The maximum absolute atomic E-state index is 9.10. The van der Waals surface area contributed by atoms with E-state index >= 15 is 0 Å². The first-order chi connectivity index (χ1) is 12.0. The lowest BCUT2D eigenvalue weighted by molar-refractivity contribution is -0.159. The van der Waals surface area contributed by atoms with Gasteiger partial charge in [-0.15, -0.1) is 0 Å². The van der Waals surface area contributed by atoms with Crippen LogP contribution in [0.25, 0.3) is 0 Å². The van der Waals surface area contributed by atoms with Crippen LogP contribution >= 0.6 is 0 Å². The van der Waals surface area contributed by atoms with Crippen molar-refractivity contribution in [3.63, 3.8) is 0 Å². The summed E-state index contributed by atoms with van der Waals surface area (Å²) >= 11 is 0. The molecule has 0 spiro atoms. The van der Waals surface area contributed by atoms with Crippen molar-refractivity contribution in [3.8, 4) is 11.5 Å². The number of carboxylic acid groups (broad SMARTS) is 2. The molecule has 1 aliphatic heterocycles. The van der Waals surface area contributed by atoms with Crippen molar-refractivity contribution in [1.29, 1.82) is 0 Å². The average Bonchev–Trinajstić information content (AvgIpc) is 2.85. The number of carboxylic acids is 2. The maximum atomic E-state index is 9.10. The lowest BCUT2D eigenvalue weighted by Gasteiger charge is -2.19. The number of ether oxygens (including phenoxy) is 2. The van der Waals surface area contributed by atoms with E-state index in [1.54, 1.807) is 0 Å². The van der Waals surface area contributed by atoms with Gasteiger partial charge in [-0.3, -0.25) is 4.90 Å². The second-order valence-electron chi connectivity index (χ2n) is 5.62. The Hall–Kier alpha value is -2.28. The Labute approximate surface area is 148 Å². The van der Waals surface area contributed by atoms with Crippen LogP contribution in [-0.2, 0) is 9.59 Å². The van der Waals surface area contributed by atoms with Gasteiger partial charge in [-0.1, -0.05) is 18.9 Å². The van der Waals surface area contributed by atoms with Crippen LogP contribution in [0.4, 0.5) is 0 Å². The summed E-state index contributed by atoms with van der Waals surface area (Å²) in [5, 5.41) is 14.8. The third kappa shape index (κ3) is 9.56. The van der Waals surface area contributed by atoms with Gasteiger partial charge in [0.25, 0.3) is 0 Å². The van der Waals surface area contributed by atoms with Gasteiger partial charge in [0.15, 0.2) is 0 Å². The molecule has 0 aliphatic carbocycles. The fourth-order valence-corrected chi connectivity index (χ4v) is 2.47. The Morgan fingerprint density at radius 3 is 2.08 bits per heavy atom. The minimum atomic E-state index is -1.82. The van der Waals surface area contributed by atoms with Gasteiger partial charge in [0.2, 0.25) is 0 Å². The molecule has 140 valence electrons. The first-order valence-corrected chi connectivity index (χ1v) is 8.57. The molecular weight excluding hydrogens is 326 g/mol. The summed E-state index contributed by atoms with van der Waals surface area (Å²) in [5.74, 6) is -1.86. The van der Waals surface area contributed by atoms with Crippen LogP contribution < -0.4 is 9.47 Å². The molecule has 7 heteroatoms. The summed E-state index contributed by atoms with van der Waals surface area (Å²) in [6.07, 6.45) is 5.43. The highest BCUT2D eigenvalue weighted by Crippen LogP contribution is 2.19. The zero-order valence-electron chi connectivity index (χ0n) is 14.6. The number of benzene rings is 1. The maximum Gasteiger partial charge on any atom is 0.414 e. The Morgan fingerprint density at radius 1 is 1.00 bits per heavy atom. The molecule has 1 heterocycles. The largest absolute Gasteiger partial charge is 0.494 e. The summed E-state index contributed by atoms with van der Waals surface area (Å²) in [5.41, 5.74) is 0. The second kappa shape index (κ2) is 12.1. The standard InChI is InChI=1S/C16H25NO2.C2H2O4/c1-2-18-15-8-7-9-16(14-15)19-13-12-17-10-5-3-4-6-11-17;3-1(4)2(5)6/h7-9,14H,2-6,10-13H2,1H3;(H,3,4)(H,5,6). The number of likely N-dealkylation sites (tertiary alicyclic amines) is 1. The molecule has 2 N–H and O–H groups in total. The second-order valence-corrected chi connectivity index (χ2v) is 5.62. The number of rotatable bonds is 6. The molecule has 0 amide bonds. The molecular formula is C18H27NO6. The van der Waals surface area contributed by atoms with Crippen molar-refractivity contribution >= 4 is 11.9 Å². The van der Waals surface area contributed by atoms with E-state index in [-0.39, 0.29) is 0 Å². The lowest BCUT2D eigenvalue weighted by Crippen LogP contribution is -2.29. The van der Waals surface area contributed by atoms with Gasteiger partial charge in [0, 0.05) is 12.6 Å². The minimum absolute atomic E-state index is 0.692. The van der Waals surface area contributed by atoms with Crippen LogP contribution in [0.3, 0.4) is 0 Å². The molecule has 0 radical (unpaired) electrons. The van der Waals surface area contributed by atoms with E-state index in [1.807, 2.05) is 31.2 Å². The van der Waals surface area contributed by atoms with Crippen molar-refractivity contribution in [2.24, 2.45) is 0 Å². The van der Waals surface area contributed by atoms with Gasteiger partial charge in [-0.05, 0) is 45.0 Å². The predicted molar refractivity (Wildman–Crippen MR) is 93.3 cm³/mol. The smallest absolute Gasteiger partial charge is 0.414 e. The SMILES string of the molecule is CCOc1cccc(OCCN2CCCCCC2)c1.O=C(O)C(=O)O. The summed E-state index contributed by atoms with van der Waals surface area (Å²) in [4.78, 5) is 20.7. The van der Waals surface area contributed by atoms with Gasteiger partial charge in [0.1, 0.15) is 18.1 Å². The fraction of sp³-hybridized carbons (Fsp3) is 0.556. The van der Waals surface area contributed by atoms with E-state index < -0.39 is 11.9 Å². The number of aliphatic carboxylic acids is 2. The quantitative estimate of drug-likeness (QED) is 0.759. The molecule has 1 saturated heterocycles. The Balaban J connectivity index is 0.000000450. The molecule has 0 bridgehead atoms. The van der Waals surface area contributed by atoms with Gasteiger partial charge < -0.3 is 19.7 Å². The van der Waals surface area contributed by atoms with Gasteiger partial charge >= 0.3 is 11.9 Å². The molecule has 0 atom stereocenters. The molecule has 1 aromatic rings. The molecule has 2 rings (SSSR count). The van der Waals surface area contributed by atoms with Crippen LogP contribution in [0.15, 0.2) is 24.3 Å². The zero-order valence-corrected chi connectivity index (χ0v) is 14.6. The van der Waals surface area contributed by atoms with E-state index in [4.69, 9.17) is 29.3 Å². The summed E-state index contributed by atoms with van der Waals surface area (Å²) < 4.78 is 11.3. The Morgan fingerprint density at radius 2 is 1.56 bits per heavy atom. The number of hydrogen-bond acceptors (Lipinski definition) is 5. The highest BCUT2D eigenvalue weighted by atomic mass is 16.5. The third-order valence-corrected chi connectivity index (χ3v) is 3.67. The number of nitrogens with zero attached hydrogens (tertiary/aromatic N) is 1. The average molecular weight is 353 g/mol. The van der Waals surface area contributed by atoms with E-state index in [2.05, 4.69) is 4.90 Å². The highest BCUT2D eigenvalue weighted by Gasteiger charge is 2.08. The van der Waals surface area contributed by atoms with Crippen molar-refractivity contribution in [3.05, 3.63) is 24.3 Å². The zero-order chi connectivity index (χ0) is 18.5. The normalized spacial score (nSPS) is 14.6. The van der Waals surface area contributed by atoms with Crippen LogP contribution in [0, 0.1) is 0 Å². The number of carbonyl (C=O) groups is 2. The predicted octanol–water partition coefficient (Wildman–Crippen LogP) is 2.50. The molecule has 0 unspecified atom stereocenters. The number of hydrogen-bond donors (Lipinski definition) is 2. The highest BCUT2D eigenvalue weighted by molar-refractivity contribution is 6.27. The minimum Gasteiger partial charge on any atom is -0.494 e. The van der Waals surface area contributed by atoms with E-state index in [9.17, 15) is 0 Å². The van der Waals surface area contributed by atoms with Crippen molar-refractivity contribution < 1.29 is 29.3 Å². The molecule has 1 aliphatic rings. The van der Waals surface area contributed by atoms with E-state index in [0.717, 1.165) is 24.7 Å². The van der Waals surface area contributed by atoms with Gasteiger partial charge in [-0.2, -0.15) is 0 Å². The Kier molecular flexibility index (Phi) is 10.1. The summed E-state index contributed by atoms with van der Waals surface area (Å²) in [6.45, 7) is 6.92. The molecule has 1 fully saturated rings. The first-order valence-electron chi connectivity index (χ1n) is 8.57. The van der Waals surface area contributed by atoms with Crippen LogP contribution in [0.2, 0.25) is 0 Å². The van der Waals surface area contributed by atoms with Gasteiger partial charge in [0.05, 0.1) is 6.61 Å². The lowest BCUT2D eigenvalue weighted by atomic mass is 10.2. The Bertz CT molecular complexity index is 514. The van der Waals surface area contributed by atoms with Crippen molar-refractivity contribution in [2.45, 2.75) is 32.6 Å². The molecule has 0 saturated carbocycles. The molecule has 1 aromatic carbocycles. The molecule has 0 aromatic heterocycles. The molecule has 25 heavy (non-hydrogen) atoms. The van der Waals surface area contributed by atoms with E-state index in [1.165, 1.54) is 38.8 Å². The first kappa shape index (κ1) is 20.8. The van der Waals surface area contributed by atoms with Crippen molar-refractivity contribution in [1.82, 2.24) is 4.90 Å².